The Hall–Kier alpha value is -0.890. The molecule has 1 saturated heterocycles. The normalized spacial score (nSPS) is 24.5. The molecule has 0 saturated carbocycles. The van der Waals surface area contributed by atoms with Crippen LogP contribution < -0.4 is 11.5 Å². The van der Waals surface area contributed by atoms with Crippen LogP contribution in [0.1, 0.15) is 11.8 Å². The minimum absolute atomic E-state index is 0. The molecule has 0 aromatic carbocycles. The first-order valence-electron chi connectivity index (χ1n) is 5.42. The van der Waals surface area contributed by atoms with Gasteiger partial charge < -0.3 is 16.2 Å². The Morgan fingerprint density at radius 2 is 2.39 bits per heavy atom. The van der Waals surface area contributed by atoms with Gasteiger partial charge in [0.2, 0.25) is 5.91 Å². The van der Waals surface area contributed by atoms with Crippen molar-refractivity contribution in [1.29, 1.82) is 0 Å². The van der Waals surface area contributed by atoms with Gasteiger partial charge in [-0.15, -0.1) is 23.7 Å². The minimum Gasteiger partial charge on any atom is -0.375 e. The molecule has 2 atom stereocenters. The topological polar surface area (TPSA) is 94.5 Å². The number of nitrogens with two attached hydrogens (primary N) is 2. The Morgan fingerprint density at radius 1 is 1.67 bits per heavy atom. The van der Waals surface area contributed by atoms with E-state index in [-0.39, 0.29) is 18.5 Å². The number of nitrogens with zero attached hydrogens (tertiary/aromatic N) is 2. The summed E-state index contributed by atoms with van der Waals surface area (Å²) in [6, 6.07) is 0. The average molecular weight is 293 g/mol. The number of rotatable bonds is 3. The Morgan fingerprint density at radius 3 is 2.94 bits per heavy atom. The first kappa shape index (κ1) is 15.2. The van der Waals surface area contributed by atoms with E-state index in [4.69, 9.17) is 16.2 Å². The molecule has 18 heavy (non-hydrogen) atoms. The zero-order valence-corrected chi connectivity index (χ0v) is 11.7. The summed E-state index contributed by atoms with van der Waals surface area (Å²) in [6.07, 6.45) is 1.25. The number of halogens is 1. The lowest BCUT2D eigenvalue weighted by atomic mass is 10.2. The largest absolute Gasteiger partial charge is 0.375 e. The van der Waals surface area contributed by atoms with Crippen molar-refractivity contribution in [2.24, 2.45) is 5.73 Å². The number of primary amides is 1. The van der Waals surface area contributed by atoms with Gasteiger partial charge in [-0.2, -0.15) is 0 Å². The lowest BCUT2D eigenvalue weighted by molar-refractivity contribution is -0.142. The maximum atomic E-state index is 11.1. The number of nitrogen functional groups attached to an aromatic ring is 1. The third-order valence-electron chi connectivity index (χ3n) is 2.60. The third kappa shape index (κ3) is 3.81. The van der Waals surface area contributed by atoms with Crippen molar-refractivity contribution in [3.63, 3.8) is 0 Å². The molecule has 1 fully saturated rings. The minimum atomic E-state index is -0.524. The van der Waals surface area contributed by atoms with Crippen LogP contribution in [0, 0.1) is 0 Å². The number of thiazole rings is 1. The fraction of sp³-hybridized carbons (Fsp3) is 0.600. The van der Waals surface area contributed by atoms with Gasteiger partial charge in [-0.3, -0.25) is 9.69 Å². The summed E-state index contributed by atoms with van der Waals surface area (Å²) in [5.74, 6) is -0.412. The summed E-state index contributed by atoms with van der Waals surface area (Å²) in [5.41, 5.74) is 10.8. The number of ether oxygens (including phenoxy) is 1. The summed E-state index contributed by atoms with van der Waals surface area (Å²) >= 11 is 1.46. The molecule has 6 nitrogen and oxygen atoms in total. The average Bonchev–Trinajstić information content (AvgIpc) is 2.63. The van der Waals surface area contributed by atoms with Crippen LogP contribution in [0.2, 0.25) is 0 Å². The molecule has 8 heteroatoms. The highest BCUT2D eigenvalue weighted by molar-refractivity contribution is 7.15. The van der Waals surface area contributed by atoms with Crippen LogP contribution in [0.25, 0.3) is 0 Å². The van der Waals surface area contributed by atoms with Crippen LogP contribution in [-0.2, 0) is 16.1 Å². The van der Waals surface area contributed by atoms with Crippen LogP contribution in [0.5, 0.6) is 0 Å². The highest BCUT2D eigenvalue weighted by atomic mass is 35.5. The number of carbonyl (C=O) groups excluding carboxylic acids is 1. The van der Waals surface area contributed by atoms with Gasteiger partial charge in [-0.05, 0) is 6.92 Å². The van der Waals surface area contributed by atoms with Gasteiger partial charge in [-0.1, -0.05) is 0 Å². The van der Waals surface area contributed by atoms with Crippen molar-refractivity contribution in [2.45, 2.75) is 25.7 Å². The van der Waals surface area contributed by atoms with Crippen molar-refractivity contribution in [3.05, 3.63) is 11.1 Å². The molecule has 2 heterocycles. The predicted molar refractivity (Wildman–Crippen MR) is 72.6 cm³/mol. The van der Waals surface area contributed by atoms with E-state index in [0.29, 0.717) is 11.7 Å². The monoisotopic (exact) mass is 292 g/mol. The number of morpholine rings is 1. The lowest BCUT2D eigenvalue weighted by Gasteiger charge is -2.34. The van der Waals surface area contributed by atoms with Gasteiger partial charge in [0.1, 0.15) is 6.10 Å². The first-order valence-corrected chi connectivity index (χ1v) is 6.23. The zero-order chi connectivity index (χ0) is 12.4. The quantitative estimate of drug-likeness (QED) is 0.831. The predicted octanol–water partition coefficient (Wildman–Crippen LogP) is 0.222. The van der Waals surface area contributed by atoms with Gasteiger partial charge in [0.25, 0.3) is 0 Å². The maximum Gasteiger partial charge on any atom is 0.247 e. The third-order valence-corrected chi connectivity index (χ3v) is 3.42. The van der Waals surface area contributed by atoms with E-state index in [2.05, 4.69) is 9.88 Å². The first-order chi connectivity index (χ1) is 8.04. The maximum absolute atomic E-state index is 11.1. The molecule has 0 radical (unpaired) electrons. The molecule has 1 aliphatic heterocycles. The molecule has 0 spiro atoms. The number of anilines is 1. The molecule has 2 rings (SSSR count). The van der Waals surface area contributed by atoms with Gasteiger partial charge in [0.05, 0.1) is 6.10 Å². The second-order valence-electron chi connectivity index (χ2n) is 4.20. The summed E-state index contributed by atoms with van der Waals surface area (Å²) in [7, 11) is 0. The number of amides is 1. The Kier molecular flexibility index (Phi) is 5.33. The molecule has 1 aromatic heterocycles. The van der Waals surface area contributed by atoms with E-state index < -0.39 is 12.0 Å². The van der Waals surface area contributed by atoms with E-state index >= 15 is 0 Å². The second-order valence-corrected chi connectivity index (χ2v) is 5.34. The van der Waals surface area contributed by atoms with Crippen LogP contribution in [-0.4, -0.2) is 41.1 Å². The SMILES string of the molecule is C[C@@H]1CN(Cc2cnc(N)s2)CC(C(N)=O)O1.Cl. The van der Waals surface area contributed by atoms with Gasteiger partial charge in [0.15, 0.2) is 5.13 Å². The molecule has 0 bridgehead atoms. The van der Waals surface area contributed by atoms with Gasteiger partial charge in [-0.25, -0.2) is 4.98 Å². The van der Waals surface area contributed by atoms with Crippen molar-refractivity contribution in [3.8, 4) is 0 Å². The van der Waals surface area contributed by atoms with Crippen molar-refractivity contribution in [2.75, 3.05) is 18.8 Å². The Balaban J connectivity index is 0.00000162. The highest BCUT2D eigenvalue weighted by Crippen LogP contribution is 2.19. The van der Waals surface area contributed by atoms with Crippen LogP contribution in [0.15, 0.2) is 6.20 Å². The van der Waals surface area contributed by atoms with Crippen LogP contribution in [0.3, 0.4) is 0 Å². The molecule has 4 N–H and O–H groups in total. The van der Waals surface area contributed by atoms with E-state index in [0.717, 1.165) is 18.0 Å². The van der Waals surface area contributed by atoms with Crippen molar-refractivity contribution in [1.82, 2.24) is 9.88 Å². The summed E-state index contributed by atoms with van der Waals surface area (Å²) in [6.45, 7) is 3.97. The fourth-order valence-electron chi connectivity index (χ4n) is 1.94. The highest BCUT2D eigenvalue weighted by Gasteiger charge is 2.28. The fourth-order valence-corrected chi connectivity index (χ4v) is 2.67. The standard InChI is InChI=1S/C10H16N4O2S.ClH/c1-6-3-14(5-8(16-6)9(11)15)4-7-2-13-10(12)17-7;/h2,6,8H,3-5H2,1H3,(H2,11,15)(H2,12,13);1H/t6-,8?;/m1./s1. The number of aromatic nitrogens is 1. The number of hydrogen-bond donors (Lipinski definition) is 2. The van der Waals surface area contributed by atoms with Gasteiger partial charge in [0, 0.05) is 30.7 Å². The Bertz CT molecular complexity index is 414. The summed E-state index contributed by atoms with van der Waals surface area (Å²) < 4.78 is 5.47. The zero-order valence-electron chi connectivity index (χ0n) is 10.0. The van der Waals surface area contributed by atoms with E-state index in [1.54, 1.807) is 6.20 Å². The second kappa shape index (κ2) is 6.33. The van der Waals surface area contributed by atoms with E-state index in [9.17, 15) is 4.79 Å². The molecule has 1 unspecified atom stereocenters. The summed E-state index contributed by atoms with van der Waals surface area (Å²) in [5, 5.41) is 0.563. The van der Waals surface area contributed by atoms with Crippen molar-refractivity contribution < 1.29 is 9.53 Å². The van der Waals surface area contributed by atoms with E-state index in [1.165, 1.54) is 11.3 Å². The number of hydrogen-bond acceptors (Lipinski definition) is 6. The molecule has 1 aliphatic rings. The number of carbonyl (C=O) groups is 1. The summed E-state index contributed by atoms with van der Waals surface area (Å²) in [4.78, 5) is 18.4. The van der Waals surface area contributed by atoms with Crippen LogP contribution >= 0.6 is 23.7 Å². The molecule has 102 valence electrons. The molecular weight excluding hydrogens is 276 g/mol. The Labute approximate surface area is 116 Å². The molecule has 1 aromatic rings. The van der Waals surface area contributed by atoms with Gasteiger partial charge >= 0.3 is 0 Å². The molecule has 1 amide bonds. The molecular formula is C10H17ClN4O2S. The molecule has 0 aliphatic carbocycles. The van der Waals surface area contributed by atoms with Crippen LogP contribution in [0.4, 0.5) is 5.13 Å². The lowest BCUT2D eigenvalue weighted by Crippen LogP contribution is -2.51. The van der Waals surface area contributed by atoms with E-state index in [1.807, 2.05) is 6.92 Å². The smallest absolute Gasteiger partial charge is 0.247 e. The van der Waals surface area contributed by atoms with Crippen molar-refractivity contribution >= 4 is 34.8 Å².